The number of rotatable bonds is 7. The Morgan fingerprint density at radius 3 is 2.70 bits per heavy atom. The number of alkyl halides is 2. The summed E-state index contributed by atoms with van der Waals surface area (Å²) in [6, 6.07) is 5.78. The van der Waals surface area contributed by atoms with Crippen LogP contribution in [-0.4, -0.2) is 60.3 Å². The third-order valence-corrected chi connectivity index (χ3v) is 4.75. The fraction of sp³-hybridized carbons (Fsp3) is 0.500. The average molecular weight is 425 g/mol. The van der Waals surface area contributed by atoms with E-state index in [0.717, 1.165) is 37.6 Å². The van der Waals surface area contributed by atoms with E-state index in [4.69, 9.17) is 4.52 Å². The Kier molecular flexibility index (Phi) is 7.56. The lowest BCUT2D eigenvalue weighted by atomic mass is 10.2. The number of ether oxygens (including phenoxy) is 1. The van der Waals surface area contributed by atoms with Gasteiger partial charge >= 0.3 is 6.61 Å². The maximum atomic E-state index is 14.2. The summed E-state index contributed by atoms with van der Waals surface area (Å²) in [5, 5.41) is 7.22. The van der Waals surface area contributed by atoms with Crippen LogP contribution in [0.2, 0.25) is 0 Å². The number of hydrogen-bond acceptors (Lipinski definition) is 5. The van der Waals surface area contributed by atoms with Gasteiger partial charge in [-0.2, -0.15) is 8.78 Å². The van der Waals surface area contributed by atoms with Gasteiger partial charge in [0.15, 0.2) is 5.96 Å². The molecule has 1 aliphatic rings. The number of hydrogen-bond donors (Lipinski definition) is 1. The van der Waals surface area contributed by atoms with Crippen molar-refractivity contribution in [2.45, 2.75) is 33.5 Å². The van der Waals surface area contributed by atoms with Gasteiger partial charge in [0.05, 0.1) is 17.8 Å². The molecule has 0 atom stereocenters. The van der Waals surface area contributed by atoms with Gasteiger partial charge in [-0.3, -0.25) is 4.90 Å². The van der Waals surface area contributed by atoms with E-state index in [2.05, 4.69) is 30.0 Å². The second kappa shape index (κ2) is 10.3. The minimum absolute atomic E-state index is 0.00763. The molecule has 3 rings (SSSR count). The van der Waals surface area contributed by atoms with E-state index >= 15 is 0 Å². The fourth-order valence-corrected chi connectivity index (χ4v) is 3.32. The number of piperazine rings is 1. The van der Waals surface area contributed by atoms with Gasteiger partial charge in [-0.15, -0.1) is 0 Å². The maximum absolute atomic E-state index is 14.2. The molecular formula is C20H26F3N5O2. The van der Waals surface area contributed by atoms with E-state index < -0.39 is 12.4 Å². The molecule has 1 saturated heterocycles. The predicted octanol–water partition coefficient (Wildman–Crippen LogP) is 3.01. The molecule has 0 aliphatic carbocycles. The van der Waals surface area contributed by atoms with Crippen molar-refractivity contribution in [3.05, 3.63) is 47.1 Å². The number of aryl methyl sites for hydroxylation is 1. The van der Waals surface area contributed by atoms with E-state index in [1.54, 1.807) is 0 Å². The molecular weight excluding hydrogens is 399 g/mol. The first-order chi connectivity index (χ1) is 14.5. The van der Waals surface area contributed by atoms with E-state index in [1.807, 2.05) is 19.9 Å². The minimum atomic E-state index is -3.02. The summed E-state index contributed by atoms with van der Waals surface area (Å²) in [5.41, 5.74) is 0.904. The average Bonchev–Trinajstić information content (AvgIpc) is 3.11. The third kappa shape index (κ3) is 5.88. The first-order valence-corrected chi connectivity index (χ1v) is 9.86. The first-order valence-electron chi connectivity index (χ1n) is 9.86. The van der Waals surface area contributed by atoms with Crippen molar-refractivity contribution in [1.29, 1.82) is 0 Å². The topological polar surface area (TPSA) is 66.1 Å². The lowest BCUT2D eigenvalue weighted by Gasteiger charge is -2.36. The van der Waals surface area contributed by atoms with E-state index in [1.165, 1.54) is 18.2 Å². The van der Waals surface area contributed by atoms with E-state index in [0.29, 0.717) is 19.0 Å². The quantitative estimate of drug-likeness (QED) is 0.544. The van der Waals surface area contributed by atoms with Gasteiger partial charge in [-0.05, 0) is 26.0 Å². The molecule has 0 amide bonds. The molecule has 2 aromatic rings. The van der Waals surface area contributed by atoms with Crippen molar-refractivity contribution in [2.75, 3.05) is 32.7 Å². The normalized spacial score (nSPS) is 15.7. The second-order valence-electron chi connectivity index (χ2n) is 6.96. The highest BCUT2D eigenvalue weighted by molar-refractivity contribution is 5.80. The van der Waals surface area contributed by atoms with E-state index in [9.17, 15) is 13.2 Å². The molecule has 1 aromatic carbocycles. The number of nitrogens with zero attached hydrogens (tertiary/aromatic N) is 4. The molecule has 7 nitrogen and oxygen atoms in total. The van der Waals surface area contributed by atoms with Crippen LogP contribution in [0.4, 0.5) is 13.2 Å². The SMILES string of the molecule is CCNC(=NCc1c(F)cccc1OC(F)F)N1CCN(Cc2cc(C)on2)CC1. The molecule has 0 radical (unpaired) electrons. The van der Waals surface area contributed by atoms with Gasteiger partial charge in [0.2, 0.25) is 0 Å². The van der Waals surface area contributed by atoms with Crippen molar-refractivity contribution >= 4 is 5.96 Å². The Labute approximate surface area is 173 Å². The van der Waals surface area contributed by atoms with Crippen LogP contribution in [0, 0.1) is 12.7 Å². The molecule has 1 N–H and O–H groups in total. The van der Waals surface area contributed by atoms with Crippen LogP contribution in [0.1, 0.15) is 23.9 Å². The van der Waals surface area contributed by atoms with Crippen molar-refractivity contribution in [3.63, 3.8) is 0 Å². The molecule has 0 bridgehead atoms. The summed E-state index contributed by atoms with van der Waals surface area (Å²) in [7, 11) is 0. The van der Waals surface area contributed by atoms with Crippen LogP contribution in [0.25, 0.3) is 0 Å². The minimum Gasteiger partial charge on any atom is -0.434 e. The molecule has 0 unspecified atom stereocenters. The number of aromatic nitrogens is 1. The first kappa shape index (κ1) is 21.9. The van der Waals surface area contributed by atoms with Crippen LogP contribution < -0.4 is 10.1 Å². The summed E-state index contributed by atoms with van der Waals surface area (Å²) < 4.78 is 49.0. The molecule has 10 heteroatoms. The predicted molar refractivity (Wildman–Crippen MR) is 106 cm³/mol. The van der Waals surface area contributed by atoms with Gasteiger partial charge in [0.25, 0.3) is 0 Å². The van der Waals surface area contributed by atoms with Gasteiger partial charge in [-0.1, -0.05) is 11.2 Å². The molecule has 30 heavy (non-hydrogen) atoms. The van der Waals surface area contributed by atoms with Gasteiger partial charge in [0.1, 0.15) is 17.3 Å². The Bertz CT molecular complexity index is 851. The van der Waals surface area contributed by atoms with E-state index in [-0.39, 0.29) is 17.9 Å². The Balaban J connectivity index is 1.64. The van der Waals surface area contributed by atoms with Crippen LogP contribution in [0.3, 0.4) is 0 Å². The highest BCUT2D eigenvalue weighted by Crippen LogP contribution is 2.24. The highest BCUT2D eigenvalue weighted by atomic mass is 19.3. The largest absolute Gasteiger partial charge is 0.434 e. The number of halogens is 3. The van der Waals surface area contributed by atoms with Gasteiger partial charge in [0, 0.05) is 45.3 Å². The lowest BCUT2D eigenvalue weighted by molar-refractivity contribution is -0.0506. The van der Waals surface area contributed by atoms with Crippen molar-refractivity contribution in [1.82, 2.24) is 20.3 Å². The Hall–Kier alpha value is -2.75. The summed E-state index contributed by atoms with van der Waals surface area (Å²) >= 11 is 0. The summed E-state index contributed by atoms with van der Waals surface area (Å²) in [5.74, 6) is 0.576. The smallest absolute Gasteiger partial charge is 0.387 e. The van der Waals surface area contributed by atoms with Crippen molar-refractivity contribution < 1.29 is 22.4 Å². The fourth-order valence-electron chi connectivity index (χ4n) is 3.32. The number of aliphatic imine (C=N–C) groups is 1. The molecule has 2 heterocycles. The highest BCUT2D eigenvalue weighted by Gasteiger charge is 2.21. The van der Waals surface area contributed by atoms with Crippen molar-refractivity contribution in [3.8, 4) is 5.75 Å². The zero-order chi connectivity index (χ0) is 21.5. The third-order valence-electron chi connectivity index (χ3n) is 4.75. The van der Waals surface area contributed by atoms with Gasteiger partial charge in [-0.25, -0.2) is 9.38 Å². The molecule has 1 aliphatic heterocycles. The zero-order valence-electron chi connectivity index (χ0n) is 17.1. The summed E-state index contributed by atoms with van der Waals surface area (Å²) in [6.45, 7) is 5.07. The number of nitrogens with one attached hydrogen (secondary N) is 1. The zero-order valence-corrected chi connectivity index (χ0v) is 17.1. The number of benzene rings is 1. The van der Waals surface area contributed by atoms with Crippen LogP contribution >= 0.6 is 0 Å². The molecule has 164 valence electrons. The number of guanidine groups is 1. The monoisotopic (exact) mass is 425 g/mol. The molecule has 0 saturated carbocycles. The van der Waals surface area contributed by atoms with Crippen LogP contribution in [-0.2, 0) is 13.1 Å². The molecule has 0 spiro atoms. The Morgan fingerprint density at radius 2 is 2.07 bits per heavy atom. The summed E-state index contributed by atoms with van der Waals surface area (Å²) in [6.07, 6.45) is 0. The van der Waals surface area contributed by atoms with Crippen LogP contribution in [0.15, 0.2) is 33.8 Å². The second-order valence-corrected chi connectivity index (χ2v) is 6.96. The van der Waals surface area contributed by atoms with Gasteiger partial charge < -0.3 is 19.5 Å². The molecule has 1 fully saturated rings. The lowest BCUT2D eigenvalue weighted by Crippen LogP contribution is -2.52. The summed E-state index contributed by atoms with van der Waals surface area (Å²) in [4.78, 5) is 8.81. The van der Waals surface area contributed by atoms with Crippen molar-refractivity contribution in [2.24, 2.45) is 4.99 Å². The maximum Gasteiger partial charge on any atom is 0.387 e. The standard InChI is InChI=1S/C20H26F3N5O2/c1-3-24-20(25-12-16-17(21)5-4-6-18(16)29-19(22)23)28-9-7-27(8-10-28)13-15-11-14(2)30-26-15/h4-6,11,19H,3,7-10,12-13H2,1-2H3,(H,24,25). The van der Waals surface area contributed by atoms with Crippen LogP contribution in [0.5, 0.6) is 5.75 Å². The molecule has 1 aromatic heterocycles. The Morgan fingerprint density at radius 1 is 1.30 bits per heavy atom.